The number of carbonyl (C=O) groups excluding carboxylic acids is 1. The Bertz CT molecular complexity index is 563. The van der Waals surface area contributed by atoms with Gasteiger partial charge >= 0.3 is 0 Å². The summed E-state index contributed by atoms with van der Waals surface area (Å²) in [6.07, 6.45) is 0.449. The van der Waals surface area contributed by atoms with Gasteiger partial charge in [0.2, 0.25) is 5.91 Å². The van der Waals surface area contributed by atoms with Gasteiger partial charge in [-0.15, -0.1) is 11.3 Å². The van der Waals surface area contributed by atoms with Gasteiger partial charge in [-0.2, -0.15) is 0 Å². The van der Waals surface area contributed by atoms with Crippen molar-refractivity contribution in [2.45, 2.75) is 26.8 Å². The molecule has 1 aromatic carbocycles. The standard InChI is InChI=1S/C15H19N3OS/c1-11-3-5-13(6-4-11)9-16-8-7-14(19)18-15-17-12(2)10-20-15/h3-6,10,16H,7-9H2,1-2H3,(H,17,18,19). The van der Waals surface area contributed by atoms with Crippen molar-refractivity contribution in [2.24, 2.45) is 0 Å². The monoisotopic (exact) mass is 289 g/mol. The van der Waals surface area contributed by atoms with E-state index in [1.54, 1.807) is 0 Å². The molecule has 0 saturated heterocycles. The molecule has 0 spiro atoms. The average molecular weight is 289 g/mol. The van der Waals surface area contributed by atoms with Crippen molar-refractivity contribution in [3.8, 4) is 0 Å². The van der Waals surface area contributed by atoms with Gasteiger partial charge in [0.25, 0.3) is 0 Å². The summed E-state index contributed by atoms with van der Waals surface area (Å²) in [4.78, 5) is 15.9. The summed E-state index contributed by atoms with van der Waals surface area (Å²) in [7, 11) is 0. The molecule has 0 aliphatic carbocycles. The quantitative estimate of drug-likeness (QED) is 0.804. The van der Waals surface area contributed by atoms with Crippen LogP contribution in [0.15, 0.2) is 29.6 Å². The molecular formula is C15H19N3OS. The molecule has 0 aliphatic rings. The minimum absolute atomic E-state index is 0.00393. The number of rotatable bonds is 6. The molecule has 0 fully saturated rings. The summed E-state index contributed by atoms with van der Waals surface area (Å²) in [6.45, 7) is 5.42. The molecule has 4 nitrogen and oxygen atoms in total. The van der Waals surface area contributed by atoms with E-state index in [2.05, 4.69) is 46.8 Å². The molecule has 0 radical (unpaired) electrons. The lowest BCUT2D eigenvalue weighted by Gasteiger charge is -2.05. The number of carbonyl (C=O) groups is 1. The smallest absolute Gasteiger partial charge is 0.227 e. The highest BCUT2D eigenvalue weighted by atomic mass is 32.1. The molecule has 0 unspecified atom stereocenters. The highest BCUT2D eigenvalue weighted by Gasteiger charge is 2.04. The van der Waals surface area contributed by atoms with Crippen LogP contribution in [0.1, 0.15) is 23.2 Å². The Morgan fingerprint density at radius 2 is 2.00 bits per heavy atom. The third kappa shape index (κ3) is 4.75. The van der Waals surface area contributed by atoms with Gasteiger partial charge in [0.15, 0.2) is 5.13 Å². The molecular weight excluding hydrogens is 270 g/mol. The Hall–Kier alpha value is -1.72. The van der Waals surface area contributed by atoms with Crippen LogP contribution in [0.2, 0.25) is 0 Å². The molecule has 1 aromatic heterocycles. The van der Waals surface area contributed by atoms with Crippen LogP contribution in [-0.2, 0) is 11.3 Å². The molecule has 0 aliphatic heterocycles. The zero-order valence-electron chi connectivity index (χ0n) is 11.8. The Morgan fingerprint density at radius 3 is 2.65 bits per heavy atom. The summed E-state index contributed by atoms with van der Waals surface area (Å²) in [6, 6.07) is 8.38. The Labute approximate surface area is 123 Å². The molecule has 0 bridgehead atoms. The molecule has 0 atom stereocenters. The van der Waals surface area contributed by atoms with Crippen LogP contribution >= 0.6 is 11.3 Å². The van der Waals surface area contributed by atoms with Gasteiger partial charge < -0.3 is 10.6 Å². The van der Waals surface area contributed by atoms with Crippen LogP contribution in [0.4, 0.5) is 5.13 Å². The van der Waals surface area contributed by atoms with Crippen LogP contribution in [-0.4, -0.2) is 17.4 Å². The van der Waals surface area contributed by atoms with Crippen molar-refractivity contribution in [2.75, 3.05) is 11.9 Å². The summed E-state index contributed by atoms with van der Waals surface area (Å²) in [5.41, 5.74) is 3.42. The molecule has 106 valence electrons. The van der Waals surface area contributed by atoms with Crippen molar-refractivity contribution in [3.05, 3.63) is 46.5 Å². The zero-order chi connectivity index (χ0) is 14.4. The van der Waals surface area contributed by atoms with Crippen LogP contribution in [0.5, 0.6) is 0 Å². The molecule has 1 heterocycles. The third-order valence-corrected chi connectivity index (χ3v) is 3.72. The third-order valence-electron chi connectivity index (χ3n) is 2.84. The van der Waals surface area contributed by atoms with Gasteiger partial charge in [-0.05, 0) is 19.4 Å². The predicted octanol–water partition coefficient (Wildman–Crippen LogP) is 2.88. The van der Waals surface area contributed by atoms with Gasteiger partial charge in [0.05, 0.1) is 5.69 Å². The number of anilines is 1. The summed E-state index contributed by atoms with van der Waals surface area (Å²) in [5.74, 6) is -0.00393. The van der Waals surface area contributed by atoms with Gasteiger partial charge in [-0.3, -0.25) is 4.79 Å². The van der Waals surface area contributed by atoms with Crippen LogP contribution < -0.4 is 10.6 Å². The van der Waals surface area contributed by atoms with Gasteiger partial charge in [-0.1, -0.05) is 29.8 Å². The number of hydrogen-bond acceptors (Lipinski definition) is 4. The number of aromatic nitrogens is 1. The lowest BCUT2D eigenvalue weighted by atomic mass is 10.1. The number of nitrogens with one attached hydrogen (secondary N) is 2. The number of hydrogen-bond donors (Lipinski definition) is 2. The molecule has 5 heteroatoms. The van der Waals surface area contributed by atoms with E-state index in [0.29, 0.717) is 18.1 Å². The second kappa shape index (κ2) is 7.17. The van der Waals surface area contributed by atoms with Crippen LogP contribution in [0, 0.1) is 13.8 Å². The second-order valence-corrected chi connectivity index (χ2v) is 5.61. The minimum Gasteiger partial charge on any atom is -0.312 e. The molecule has 1 amide bonds. The molecule has 2 rings (SSSR count). The van der Waals surface area contributed by atoms with E-state index in [0.717, 1.165) is 12.2 Å². The van der Waals surface area contributed by atoms with Crippen molar-refractivity contribution in [1.29, 1.82) is 0 Å². The first-order valence-electron chi connectivity index (χ1n) is 6.62. The highest BCUT2D eigenvalue weighted by molar-refractivity contribution is 7.13. The lowest BCUT2D eigenvalue weighted by molar-refractivity contribution is -0.116. The largest absolute Gasteiger partial charge is 0.312 e. The van der Waals surface area contributed by atoms with E-state index < -0.39 is 0 Å². The van der Waals surface area contributed by atoms with E-state index in [1.807, 2.05) is 12.3 Å². The number of thiazole rings is 1. The fraction of sp³-hybridized carbons (Fsp3) is 0.333. The average Bonchev–Trinajstić information content (AvgIpc) is 2.82. The molecule has 20 heavy (non-hydrogen) atoms. The maximum Gasteiger partial charge on any atom is 0.227 e. The fourth-order valence-corrected chi connectivity index (χ4v) is 2.44. The van der Waals surface area contributed by atoms with E-state index in [1.165, 1.54) is 22.5 Å². The topological polar surface area (TPSA) is 54.0 Å². The van der Waals surface area contributed by atoms with Crippen molar-refractivity contribution >= 4 is 22.4 Å². The minimum atomic E-state index is -0.00393. The van der Waals surface area contributed by atoms with Crippen LogP contribution in [0.25, 0.3) is 0 Å². The normalized spacial score (nSPS) is 10.5. The van der Waals surface area contributed by atoms with E-state index in [-0.39, 0.29) is 5.91 Å². The summed E-state index contributed by atoms with van der Waals surface area (Å²) >= 11 is 1.45. The van der Waals surface area contributed by atoms with Crippen molar-refractivity contribution in [3.63, 3.8) is 0 Å². The Morgan fingerprint density at radius 1 is 1.25 bits per heavy atom. The number of amides is 1. The second-order valence-electron chi connectivity index (χ2n) is 4.75. The molecule has 0 saturated carbocycles. The van der Waals surface area contributed by atoms with Gasteiger partial charge in [-0.25, -0.2) is 4.98 Å². The first-order valence-corrected chi connectivity index (χ1v) is 7.50. The molecule has 2 aromatic rings. The predicted molar refractivity (Wildman–Crippen MR) is 83.0 cm³/mol. The number of benzene rings is 1. The number of nitrogens with zero attached hydrogens (tertiary/aromatic N) is 1. The molecule has 2 N–H and O–H groups in total. The SMILES string of the molecule is Cc1ccc(CNCCC(=O)Nc2nc(C)cs2)cc1. The fourth-order valence-electron chi connectivity index (χ4n) is 1.73. The summed E-state index contributed by atoms with van der Waals surface area (Å²) in [5, 5.41) is 8.66. The van der Waals surface area contributed by atoms with E-state index in [9.17, 15) is 4.79 Å². The first kappa shape index (κ1) is 14.7. The zero-order valence-corrected chi connectivity index (χ0v) is 12.6. The van der Waals surface area contributed by atoms with Crippen molar-refractivity contribution in [1.82, 2.24) is 10.3 Å². The maximum absolute atomic E-state index is 11.7. The number of aryl methyl sites for hydroxylation is 2. The van der Waals surface area contributed by atoms with E-state index >= 15 is 0 Å². The highest BCUT2D eigenvalue weighted by Crippen LogP contribution is 2.14. The Balaban J connectivity index is 1.65. The van der Waals surface area contributed by atoms with Gasteiger partial charge in [0.1, 0.15) is 0 Å². The summed E-state index contributed by atoms with van der Waals surface area (Å²) < 4.78 is 0. The van der Waals surface area contributed by atoms with E-state index in [4.69, 9.17) is 0 Å². The van der Waals surface area contributed by atoms with Crippen LogP contribution in [0.3, 0.4) is 0 Å². The lowest BCUT2D eigenvalue weighted by Crippen LogP contribution is -2.21. The van der Waals surface area contributed by atoms with Crippen molar-refractivity contribution < 1.29 is 4.79 Å². The Kier molecular flexibility index (Phi) is 5.26. The van der Waals surface area contributed by atoms with Gasteiger partial charge in [0, 0.05) is 24.9 Å². The first-order chi connectivity index (χ1) is 9.63. The maximum atomic E-state index is 11.7.